The summed E-state index contributed by atoms with van der Waals surface area (Å²) in [5.41, 5.74) is 0.339. The lowest BCUT2D eigenvalue weighted by Crippen LogP contribution is -2.12. The van der Waals surface area contributed by atoms with Crippen molar-refractivity contribution in [3.63, 3.8) is 0 Å². The van der Waals surface area contributed by atoms with E-state index in [1.807, 2.05) is 0 Å². The van der Waals surface area contributed by atoms with Crippen molar-refractivity contribution in [1.29, 1.82) is 0 Å². The van der Waals surface area contributed by atoms with Gasteiger partial charge in [0.2, 0.25) is 0 Å². The van der Waals surface area contributed by atoms with Gasteiger partial charge in [0, 0.05) is 4.47 Å². The summed E-state index contributed by atoms with van der Waals surface area (Å²) in [5.74, 6) is 0. The number of nitrogens with zero attached hydrogens (tertiary/aromatic N) is 1. The van der Waals surface area contributed by atoms with Gasteiger partial charge in [0.05, 0.1) is 16.4 Å². The molecule has 2 aromatic rings. The number of hydrogen-bond donors (Lipinski definition) is 1. The van der Waals surface area contributed by atoms with Gasteiger partial charge in [-0.25, -0.2) is 13.4 Å². The first-order valence-corrected chi connectivity index (χ1v) is 8.79. The highest BCUT2D eigenvalue weighted by Crippen LogP contribution is 2.30. The first kappa shape index (κ1) is 14.3. The molecule has 0 spiro atoms. The van der Waals surface area contributed by atoms with Crippen molar-refractivity contribution in [2.24, 2.45) is 0 Å². The van der Waals surface area contributed by atoms with Gasteiger partial charge in [0.15, 0.2) is 4.21 Å². The number of nitrogens with one attached hydrogen (secondary N) is 1. The summed E-state index contributed by atoms with van der Waals surface area (Å²) in [6.07, 6.45) is 1.35. The number of sulfonamides is 1. The van der Waals surface area contributed by atoms with Crippen molar-refractivity contribution < 1.29 is 8.42 Å². The summed E-state index contributed by atoms with van der Waals surface area (Å²) < 4.78 is 27.8. The highest BCUT2D eigenvalue weighted by molar-refractivity contribution is 9.10. The number of aromatic nitrogens is 1. The van der Waals surface area contributed by atoms with E-state index in [0.29, 0.717) is 14.6 Å². The van der Waals surface area contributed by atoms with E-state index < -0.39 is 10.0 Å². The molecular weight excluding hydrogens is 428 g/mol. The van der Waals surface area contributed by atoms with Gasteiger partial charge >= 0.3 is 0 Å². The van der Waals surface area contributed by atoms with Crippen LogP contribution < -0.4 is 4.72 Å². The average molecular weight is 433 g/mol. The van der Waals surface area contributed by atoms with Crippen LogP contribution in [0.1, 0.15) is 0 Å². The largest absolute Gasteiger partial charge is 0.277 e. The first-order valence-electron chi connectivity index (χ1n) is 4.47. The molecule has 0 aliphatic heterocycles. The molecule has 0 aliphatic rings. The van der Waals surface area contributed by atoms with Crippen molar-refractivity contribution in [3.05, 3.63) is 37.8 Å². The predicted molar refractivity (Wildman–Crippen MR) is 79.8 cm³/mol. The Balaban J connectivity index is 2.34. The van der Waals surface area contributed by atoms with Crippen LogP contribution in [0, 0.1) is 0 Å². The second-order valence-electron chi connectivity index (χ2n) is 3.16. The van der Waals surface area contributed by atoms with E-state index in [4.69, 9.17) is 11.6 Å². The highest BCUT2D eigenvalue weighted by atomic mass is 79.9. The maximum atomic E-state index is 12.1. The zero-order valence-electron chi connectivity index (χ0n) is 8.52. The lowest BCUT2D eigenvalue weighted by molar-refractivity contribution is 0.603. The van der Waals surface area contributed by atoms with Gasteiger partial charge in [-0.3, -0.25) is 4.72 Å². The molecule has 0 aliphatic carbocycles. The average Bonchev–Trinajstić information content (AvgIpc) is 2.70. The second kappa shape index (κ2) is 5.46. The second-order valence-corrected chi connectivity index (χ2v) is 8.02. The van der Waals surface area contributed by atoms with Crippen molar-refractivity contribution in [1.82, 2.24) is 4.98 Å². The third kappa shape index (κ3) is 3.05. The Morgan fingerprint density at radius 1 is 1.33 bits per heavy atom. The van der Waals surface area contributed by atoms with Crippen LogP contribution in [0.5, 0.6) is 0 Å². The lowest BCUT2D eigenvalue weighted by Gasteiger charge is -2.07. The maximum Gasteiger partial charge on any atom is 0.272 e. The summed E-state index contributed by atoms with van der Waals surface area (Å²) in [5, 5.41) is 1.96. The van der Waals surface area contributed by atoms with Gasteiger partial charge in [-0.05, 0) is 49.4 Å². The predicted octanol–water partition coefficient (Wildman–Crippen LogP) is 4.12. The fourth-order valence-electron chi connectivity index (χ4n) is 1.15. The smallest absolute Gasteiger partial charge is 0.272 e. The van der Waals surface area contributed by atoms with E-state index >= 15 is 0 Å². The topological polar surface area (TPSA) is 59.1 Å². The van der Waals surface area contributed by atoms with Gasteiger partial charge in [-0.1, -0.05) is 11.6 Å². The van der Waals surface area contributed by atoms with Gasteiger partial charge in [0.1, 0.15) is 5.15 Å². The Morgan fingerprint density at radius 3 is 2.61 bits per heavy atom. The van der Waals surface area contributed by atoms with Crippen LogP contribution in [0.25, 0.3) is 0 Å². The Kier molecular flexibility index (Phi) is 4.32. The quantitative estimate of drug-likeness (QED) is 0.743. The van der Waals surface area contributed by atoms with Crippen LogP contribution >= 0.6 is 54.8 Å². The van der Waals surface area contributed by atoms with Gasteiger partial charge in [-0.2, -0.15) is 0 Å². The zero-order valence-corrected chi connectivity index (χ0v) is 14.1. The molecule has 9 heteroatoms. The molecule has 96 valence electrons. The molecule has 2 rings (SSSR count). The summed E-state index contributed by atoms with van der Waals surface area (Å²) in [4.78, 5) is 3.85. The molecule has 2 heterocycles. The van der Waals surface area contributed by atoms with Crippen LogP contribution in [-0.4, -0.2) is 13.4 Å². The first-order chi connectivity index (χ1) is 8.40. The van der Waals surface area contributed by atoms with E-state index in [0.717, 1.165) is 11.3 Å². The number of rotatable bonds is 3. The molecule has 18 heavy (non-hydrogen) atoms. The fourth-order valence-corrected chi connectivity index (χ4v) is 4.98. The molecule has 0 saturated heterocycles. The van der Waals surface area contributed by atoms with Crippen molar-refractivity contribution in [3.8, 4) is 0 Å². The van der Waals surface area contributed by atoms with Crippen LogP contribution in [0.15, 0.2) is 36.9 Å². The fraction of sp³-hybridized carbons (Fsp3) is 0. The van der Waals surface area contributed by atoms with Crippen molar-refractivity contribution in [2.45, 2.75) is 4.21 Å². The van der Waals surface area contributed by atoms with Gasteiger partial charge in [-0.15, -0.1) is 11.3 Å². The van der Waals surface area contributed by atoms with Crippen molar-refractivity contribution >= 4 is 70.5 Å². The normalized spacial score (nSPS) is 11.5. The Labute approximate surface area is 130 Å². The van der Waals surface area contributed by atoms with E-state index in [1.165, 1.54) is 6.20 Å². The maximum absolute atomic E-state index is 12.1. The summed E-state index contributed by atoms with van der Waals surface area (Å²) in [6.45, 7) is 0. The number of pyridine rings is 1. The Hall–Kier alpha value is -0.150. The molecule has 1 N–H and O–H groups in total. The lowest BCUT2D eigenvalue weighted by atomic mass is 10.4. The van der Waals surface area contributed by atoms with E-state index in [9.17, 15) is 8.42 Å². The molecular formula is C9H5Br2ClN2O2S2. The minimum absolute atomic E-state index is 0.216. The molecule has 0 saturated carbocycles. The number of halogens is 3. The van der Waals surface area contributed by atoms with E-state index in [-0.39, 0.29) is 9.36 Å². The Morgan fingerprint density at radius 2 is 2.06 bits per heavy atom. The molecule has 0 fully saturated rings. The Bertz CT molecular complexity index is 688. The standard InChI is InChI=1S/C9H5Br2ClN2O2S2/c10-6-1-2-17-9(6)18(15,16)14-5-3-7(11)8(12)13-4-5/h1-4,14H. The summed E-state index contributed by atoms with van der Waals surface area (Å²) >= 11 is 13.2. The van der Waals surface area contributed by atoms with Gasteiger partial charge in [0.25, 0.3) is 10.0 Å². The van der Waals surface area contributed by atoms with Crippen LogP contribution in [0.4, 0.5) is 5.69 Å². The molecule has 0 bridgehead atoms. The number of thiophene rings is 1. The molecule has 4 nitrogen and oxygen atoms in total. The molecule has 0 unspecified atom stereocenters. The molecule has 2 aromatic heterocycles. The minimum atomic E-state index is -3.61. The molecule has 0 atom stereocenters. The summed E-state index contributed by atoms with van der Waals surface area (Å²) in [7, 11) is -3.61. The monoisotopic (exact) mass is 430 g/mol. The van der Waals surface area contributed by atoms with Gasteiger partial charge < -0.3 is 0 Å². The third-order valence-electron chi connectivity index (χ3n) is 1.88. The zero-order chi connectivity index (χ0) is 13.3. The number of anilines is 1. The van der Waals surface area contributed by atoms with E-state index in [2.05, 4.69) is 41.6 Å². The van der Waals surface area contributed by atoms with Crippen LogP contribution in [-0.2, 0) is 10.0 Å². The van der Waals surface area contributed by atoms with Crippen LogP contribution in [0.3, 0.4) is 0 Å². The SMILES string of the molecule is O=S(=O)(Nc1cnc(Cl)c(Br)c1)c1sccc1Br. The highest BCUT2D eigenvalue weighted by Gasteiger charge is 2.19. The molecule has 0 radical (unpaired) electrons. The van der Waals surface area contributed by atoms with E-state index in [1.54, 1.807) is 17.5 Å². The minimum Gasteiger partial charge on any atom is -0.277 e. The summed E-state index contributed by atoms with van der Waals surface area (Å²) in [6, 6.07) is 3.23. The molecule has 0 amide bonds. The third-order valence-corrected chi connectivity index (χ3v) is 7.06. The van der Waals surface area contributed by atoms with Crippen LogP contribution in [0.2, 0.25) is 5.15 Å². The number of hydrogen-bond acceptors (Lipinski definition) is 4. The molecule has 0 aromatic carbocycles. The van der Waals surface area contributed by atoms with Crippen molar-refractivity contribution in [2.75, 3.05) is 4.72 Å².